The first-order valence-electron chi connectivity index (χ1n) is 7.30. The molecule has 6 nitrogen and oxygen atoms in total. The van der Waals surface area contributed by atoms with Crippen LogP contribution in [0.25, 0.3) is 0 Å². The average Bonchev–Trinajstić information content (AvgIpc) is 2.96. The molecule has 114 valence electrons. The van der Waals surface area contributed by atoms with E-state index in [0.717, 1.165) is 19.4 Å². The van der Waals surface area contributed by atoms with E-state index in [9.17, 15) is 8.42 Å². The van der Waals surface area contributed by atoms with Crippen LogP contribution in [0.2, 0.25) is 0 Å². The van der Waals surface area contributed by atoms with Crippen LogP contribution >= 0.6 is 0 Å². The highest BCUT2D eigenvalue weighted by Gasteiger charge is 2.32. The third-order valence-electron chi connectivity index (χ3n) is 3.63. The van der Waals surface area contributed by atoms with Crippen molar-refractivity contribution in [1.82, 2.24) is 15.5 Å². The molecule has 0 saturated carbocycles. The normalized spacial score (nSPS) is 23.0. The Kier molecular flexibility index (Phi) is 5.15. The van der Waals surface area contributed by atoms with E-state index in [1.807, 2.05) is 0 Å². The monoisotopic (exact) mass is 301 g/mol. The van der Waals surface area contributed by atoms with Crippen molar-refractivity contribution in [2.75, 3.05) is 18.1 Å². The zero-order valence-corrected chi connectivity index (χ0v) is 12.9. The second-order valence-corrected chi connectivity index (χ2v) is 7.62. The summed E-state index contributed by atoms with van der Waals surface area (Å²) in [6.45, 7) is 5.13. The number of hydrogen-bond acceptors (Lipinski definition) is 6. The van der Waals surface area contributed by atoms with Crippen molar-refractivity contribution in [3.8, 4) is 0 Å². The molecule has 2 unspecified atom stereocenters. The fraction of sp³-hybridized carbons (Fsp3) is 0.846. The molecular formula is C13H23N3O3S. The number of hydrogen-bond donors (Lipinski definition) is 1. The standard InChI is InChI=1S/C13H23N3O3S/c1-3-5-11(14-4-2)8-12-15-13(16-19-12)10-6-7-20(17,18)9-10/h10-11,14H,3-9H2,1-2H3. The fourth-order valence-electron chi connectivity index (χ4n) is 2.64. The lowest BCUT2D eigenvalue weighted by atomic mass is 10.1. The van der Waals surface area contributed by atoms with Gasteiger partial charge in [-0.15, -0.1) is 0 Å². The van der Waals surface area contributed by atoms with Crippen molar-refractivity contribution in [2.24, 2.45) is 0 Å². The van der Waals surface area contributed by atoms with E-state index in [-0.39, 0.29) is 17.4 Å². The molecule has 0 spiro atoms. The van der Waals surface area contributed by atoms with Gasteiger partial charge in [0.1, 0.15) is 0 Å². The van der Waals surface area contributed by atoms with Crippen LogP contribution in [0.5, 0.6) is 0 Å². The fourth-order valence-corrected chi connectivity index (χ4v) is 4.38. The molecule has 1 fully saturated rings. The molecule has 0 aliphatic carbocycles. The van der Waals surface area contributed by atoms with Gasteiger partial charge in [0.2, 0.25) is 5.89 Å². The van der Waals surface area contributed by atoms with Gasteiger partial charge in [-0.05, 0) is 19.4 Å². The number of nitrogens with one attached hydrogen (secondary N) is 1. The summed E-state index contributed by atoms with van der Waals surface area (Å²) >= 11 is 0. The lowest BCUT2D eigenvalue weighted by molar-refractivity contribution is 0.347. The number of rotatable bonds is 7. The van der Waals surface area contributed by atoms with Gasteiger partial charge in [-0.25, -0.2) is 8.42 Å². The van der Waals surface area contributed by atoms with Crippen LogP contribution in [0.3, 0.4) is 0 Å². The molecule has 1 saturated heterocycles. The van der Waals surface area contributed by atoms with Crippen LogP contribution in [0.4, 0.5) is 0 Å². The summed E-state index contributed by atoms with van der Waals surface area (Å²) in [5, 5.41) is 7.36. The van der Waals surface area contributed by atoms with Gasteiger partial charge in [-0.2, -0.15) is 4.98 Å². The predicted molar refractivity (Wildman–Crippen MR) is 76.4 cm³/mol. The molecule has 1 aromatic rings. The summed E-state index contributed by atoms with van der Waals surface area (Å²) in [6.07, 6.45) is 3.46. The minimum absolute atomic E-state index is 0.0961. The van der Waals surface area contributed by atoms with E-state index in [1.54, 1.807) is 0 Å². The quantitative estimate of drug-likeness (QED) is 0.817. The summed E-state index contributed by atoms with van der Waals surface area (Å²) in [5.41, 5.74) is 0. The Morgan fingerprint density at radius 3 is 2.85 bits per heavy atom. The molecule has 2 rings (SSSR count). The number of likely N-dealkylation sites (N-methyl/N-ethyl adjacent to an activating group) is 1. The third-order valence-corrected chi connectivity index (χ3v) is 5.40. The lowest BCUT2D eigenvalue weighted by Gasteiger charge is -2.14. The van der Waals surface area contributed by atoms with Crippen LogP contribution in [-0.2, 0) is 16.3 Å². The molecule has 2 heterocycles. The lowest BCUT2D eigenvalue weighted by Crippen LogP contribution is -2.30. The Bertz CT molecular complexity index is 521. The minimum Gasteiger partial charge on any atom is -0.339 e. The number of nitrogens with zero attached hydrogens (tertiary/aromatic N) is 2. The highest BCUT2D eigenvalue weighted by atomic mass is 32.2. The van der Waals surface area contributed by atoms with Crippen molar-refractivity contribution in [3.05, 3.63) is 11.7 Å². The van der Waals surface area contributed by atoms with Crippen LogP contribution in [-0.4, -0.2) is 42.7 Å². The average molecular weight is 301 g/mol. The van der Waals surface area contributed by atoms with Gasteiger partial charge in [0.05, 0.1) is 11.5 Å². The summed E-state index contributed by atoms with van der Waals surface area (Å²) in [6, 6.07) is 0.339. The first-order valence-corrected chi connectivity index (χ1v) is 9.12. The zero-order chi connectivity index (χ0) is 14.6. The van der Waals surface area contributed by atoms with Crippen molar-refractivity contribution >= 4 is 9.84 Å². The van der Waals surface area contributed by atoms with Gasteiger partial charge in [-0.1, -0.05) is 25.4 Å². The molecule has 1 N–H and O–H groups in total. The maximum absolute atomic E-state index is 11.5. The molecule has 1 aliphatic rings. The van der Waals surface area contributed by atoms with E-state index in [2.05, 4.69) is 29.3 Å². The molecule has 7 heteroatoms. The van der Waals surface area contributed by atoms with Crippen LogP contribution < -0.4 is 5.32 Å². The highest BCUT2D eigenvalue weighted by molar-refractivity contribution is 7.91. The van der Waals surface area contributed by atoms with Crippen LogP contribution in [0.1, 0.15) is 50.7 Å². The van der Waals surface area contributed by atoms with Gasteiger partial charge >= 0.3 is 0 Å². The van der Waals surface area contributed by atoms with Gasteiger partial charge in [-0.3, -0.25) is 0 Å². The van der Waals surface area contributed by atoms with E-state index in [0.29, 0.717) is 30.6 Å². The molecule has 1 aromatic heterocycles. The summed E-state index contributed by atoms with van der Waals surface area (Å²) < 4.78 is 28.2. The summed E-state index contributed by atoms with van der Waals surface area (Å²) in [5.74, 6) is 1.44. The molecule has 0 radical (unpaired) electrons. The third kappa shape index (κ3) is 4.02. The van der Waals surface area contributed by atoms with Crippen LogP contribution in [0, 0.1) is 0 Å². The Labute approximate surface area is 120 Å². The Morgan fingerprint density at radius 2 is 2.25 bits per heavy atom. The predicted octanol–water partition coefficient (Wildman–Crippen LogP) is 1.29. The molecule has 0 amide bonds. The maximum Gasteiger partial charge on any atom is 0.228 e. The summed E-state index contributed by atoms with van der Waals surface area (Å²) in [4.78, 5) is 4.38. The number of aromatic nitrogens is 2. The zero-order valence-electron chi connectivity index (χ0n) is 12.1. The molecule has 20 heavy (non-hydrogen) atoms. The maximum atomic E-state index is 11.5. The van der Waals surface area contributed by atoms with Crippen molar-refractivity contribution in [2.45, 2.75) is 51.5 Å². The Balaban J connectivity index is 1.98. The van der Waals surface area contributed by atoms with Gasteiger partial charge in [0.15, 0.2) is 15.7 Å². The second kappa shape index (κ2) is 6.67. The van der Waals surface area contributed by atoms with Gasteiger partial charge < -0.3 is 9.84 Å². The topological polar surface area (TPSA) is 85.1 Å². The van der Waals surface area contributed by atoms with Crippen LogP contribution in [0.15, 0.2) is 4.52 Å². The van der Waals surface area contributed by atoms with Crippen molar-refractivity contribution in [3.63, 3.8) is 0 Å². The van der Waals surface area contributed by atoms with Crippen molar-refractivity contribution < 1.29 is 12.9 Å². The second-order valence-electron chi connectivity index (χ2n) is 5.39. The Hall–Kier alpha value is -0.950. The highest BCUT2D eigenvalue weighted by Crippen LogP contribution is 2.26. The van der Waals surface area contributed by atoms with Crippen molar-refractivity contribution in [1.29, 1.82) is 0 Å². The minimum atomic E-state index is -2.91. The SMILES string of the molecule is CCCC(Cc1nc(C2CCS(=O)(=O)C2)no1)NCC. The Morgan fingerprint density at radius 1 is 1.45 bits per heavy atom. The first kappa shape index (κ1) is 15.4. The molecule has 1 aliphatic heterocycles. The van der Waals surface area contributed by atoms with E-state index >= 15 is 0 Å². The molecule has 2 atom stereocenters. The largest absolute Gasteiger partial charge is 0.339 e. The van der Waals surface area contributed by atoms with E-state index in [4.69, 9.17) is 4.52 Å². The van der Waals surface area contributed by atoms with Gasteiger partial charge in [0.25, 0.3) is 0 Å². The van der Waals surface area contributed by atoms with E-state index in [1.165, 1.54) is 0 Å². The summed E-state index contributed by atoms with van der Waals surface area (Å²) in [7, 11) is -2.91. The smallest absolute Gasteiger partial charge is 0.228 e. The molecule has 0 bridgehead atoms. The number of sulfone groups is 1. The molecular weight excluding hydrogens is 278 g/mol. The van der Waals surface area contributed by atoms with Gasteiger partial charge in [0, 0.05) is 18.4 Å². The molecule has 0 aromatic carbocycles. The first-order chi connectivity index (χ1) is 9.54. The van der Waals surface area contributed by atoms with E-state index < -0.39 is 9.84 Å².